The minimum atomic E-state index is -0.257. The number of nitrogens with one attached hydrogen (secondary N) is 1. The number of hydrogen-bond donors (Lipinski definition) is 1. The maximum atomic E-state index is 12.9. The van der Waals surface area contributed by atoms with E-state index in [1.165, 1.54) is 11.3 Å². The summed E-state index contributed by atoms with van der Waals surface area (Å²) in [6, 6.07) is 15.0. The van der Waals surface area contributed by atoms with Crippen LogP contribution in [0, 0.1) is 6.92 Å². The maximum absolute atomic E-state index is 12.9. The number of hydrogen-bond acceptors (Lipinski definition) is 5. The van der Waals surface area contributed by atoms with E-state index in [4.69, 9.17) is 4.98 Å². The largest absolute Gasteiger partial charge is 0.298 e. The van der Waals surface area contributed by atoms with Gasteiger partial charge in [-0.2, -0.15) is 0 Å². The lowest BCUT2D eigenvalue weighted by Gasteiger charge is -2.10. The van der Waals surface area contributed by atoms with Crippen LogP contribution < -0.4 is 10.9 Å². The van der Waals surface area contributed by atoms with Crippen molar-refractivity contribution in [3.05, 3.63) is 75.1 Å². The average Bonchev–Trinajstić information content (AvgIpc) is 2.98. The van der Waals surface area contributed by atoms with Gasteiger partial charge in [0.05, 0.1) is 16.6 Å². The van der Waals surface area contributed by atoms with Gasteiger partial charge in [0.25, 0.3) is 11.5 Å². The fourth-order valence-electron chi connectivity index (χ4n) is 4.04. The predicted octanol–water partition coefficient (Wildman–Crippen LogP) is 4.81. The Labute approximate surface area is 183 Å². The molecule has 5 rings (SSSR count). The fourth-order valence-corrected chi connectivity index (χ4v) is 4.87. The molecular weight excluding hydrogens is 408 g/mol. The number of benzene rings is 2. The number of carbonyl (C=O) groups is 1. The molecule has 0 fully saturated rings. The van der Waals surface area contributed by atoms with Gasteiger partial charge in [-0.05, 0) is 38.0 Å². The van der Waals surface area contributed by atoms with Crippen molar-refractivity contribution in [3.8, 4) is 11.3 Å². The second-order valence-electron chi connectivity index (χ2n) is 7.77. The van der Waals surface area contributed by atoms with Crippen molar-refractivity contribution in [2.75, 3.05) is 5.32 Å². The van der Waals surface area contributed by atoms with Gasteiger partial charge < -0.3 is 0 Å². The Kier molecular flexibility index (Phi) is 5.11. The molecular formula is C24H22N4O2S. The smallest absolute Gasteiger partial charge is 0.261 e. The zero-order valence-electron chi connectivity index (χ0n) is 17.2. The van der Waals surface area contributed by atoms with Gasteiger partial charge in [0.2, 0.25) is 0 Å². The summed E-state index contributed by atoms with van der Waals surface area (Å²) in [5.74, 6) is 0.558. The first-order chi connectivity index (χ1) is 15.1. The fraction of sp³-hybridized carbons (Fsp3) is 0.250. The van der Waals surface area contributed by atoms with Crippen molar-refractivity contribution in [3.63, 3.8) is 0 Å². The third kappa shape index (κ3) is 3.77. The van der Waals surface area contributed by atoms with Gasteiger partial charge in [0.1, 0.15) is 5.82 Å². The summed E-state index contributed by atoms with van der Waals surface area (Å²) in [5, 5.41) is 4.00. The number of thiazole rings is 1. The third-order valence-electron chi connectivity index (χ3n) is 5.64. The number of fused-ring (bicyclic) bond motifs is 2. The quantitative estimate of drug-likeness (QED) is 0.506. The van der Waals surface area contributed by atoms with Crippen LogP contribution in [0.5, 0.6) is 0 Å². The average molecular weight is 431 g/mol. The summed E-state index contributed by atoms with van der Waals surface area (Å²) in [6.45, 7) is 2.71. The van der Waals surface area contributed by atoms with Crippen LogP contribution in [0.1, 0.15) is 40.3 Å². The van der Waals surface area contributed by atoms with Gasteiger partial charge in [-0.15, -0.1) is 11.3 Å². The van der Waals surface area contributed by atoms with Crippen molar-refractivity contribution >= 4 is 33.3 Å². The Morgan fingerprint density at radius 2 is 1.90 bits per heavy atom. The molecule has 0 bridgehead atoms. The number of carbonyl (C=O) groups excluding carboxylic acids is 1. The molecule has 0 saturated heterocycles. The van der Waals surface area contributed by atoms with Crippen LogP contribution in [0.2, 0.25) is 0 Å². The molecule has 3 heterocycles. The lowest BCUT2D eigenvalue weighted by Crippen LogP contribution is -2.24. The second-order valence-corrected chi connectivity index (χ2v) is 8.97. The van der Waals surface area contributed by atoms with Crippen molar-refractivity contribution in [2.45, 2.75) is 39.2 Å². The molecule has 0 aliphatic carbocycles. The molecule has 4 aromatic rings. The molecule has 0 spiro atoms. The van der Waals surface area contributed by atoms with Crippen LogP contribution in [0.25, 0.3) is 22.2 Å². The molecule has 2 aromatic carbocycles. The molecule has 0 radical (unpaired) electrons. The summed E-state index contributed by atoms with van der Waals surface area (Å²) < 4.78 is 1.79. The first kappa shape index (κ1) is 19.6. The van der Waals surface area contributed by atoms with E-state index >= 15 is 0 Å². The molecule has 0 saturated carbocycles. The van der Waals surface area contributed by atoms with E-state index < -0.39 is 0 Å². The number of aryl methyl sites for hydroxylation is 2. The molecule has 6 nitrogen and oxygen atoms in total. The second kappa shape index (κ2) is 8.07. The standard InChI is InChI=1S/C24H22N4O2S/c1-15-21(16-8-4-2-5-9-16)26-24(31-15)27-22(29)17-11-12-18-19(14-17)25-20-10-6-3-7-13-28(20)23(18)30/h2,4-5,8-9,11-12,14H,3,6-7,10,13H2,1H3,(H,26,27,29). The number of rotatable bonds is 3. The van der Waals surface area contributed by atoms with Crippen molar-refractivity contribution in [1.29, 1.82) is 0 Å². The van der Waals surface area contributed by atoms with Crippen molar-refractivity contribution in [1.82, 2.24) is 14.5 Å². The minimum absolute atomic E-state index is 0.0168. The zero-order valence-corrected chi connectivity index (χ0v) is 18.0. The van der Waals surface area contributed by atoms with Gasteiger partial charge in [0, 0.05) is 29.0 Å². The predicted molar refractivity (Wildman–Crippen MR) is 124 cm³/mol. The Balaban J connectivity index is 1.45. The third-order valence-corrected chi connectivity index (χ3v) is 6.53. The topological polar surface area (TPSA) is 76.9 Å². The van der Waals surface area contributed by atoms with Gasteiger partial charge >= 0.3 is 0 Å². The van der Waals surface area contributed by atoms with Gasteiger partial charge in [-0.1, -0.05) is 36.8 Å². The molecule has 1 amide bonds. The van der Waals surface area contributed by atoms with Crippen LogP contribution in [0.15, 0.2) is 53.3 Å². The highest BCUT2D eigenvalue weighted by atomic mass is 32.1. The molecule has 7 heteroatoms. The first-order valence-electron chi connectivity index (χ1n) is 10.5. The van der Waals surface area contributed by atoms with Gasteiger partial charge in [-0.3, -0.25) is 19.5 Å². The highest BCUT2D eigenvalue weighted by Gasteiger charge is 2.17. The lowest BCUT2D eigenvalue weighted by molar-refractivity contribution is 0.102. The van der Waals surface area contributed by atoms with Crippen LogP contribution >= 0.6 is 11.3 Å². The number of nitrogens with zero attached hydrogens (tertiary/aromatic N) is 3. The minimum Gasteiger partial charge on any atom is -0.298 e. The summed E-state index contributed by atoms with van der Waals surface area (Å²) in [7, 11) is 0. The van der Waals surface area contributed by atoms with E-state index in [1.54, 1.807) is 22.8 Å². The highest BCUT2D eigenvalue weighted by Crippen LogP contribution is 2.30. The van der Waals surface area contributed by atoms with Gasteiger partial charge in [0.15, 0.2) is 5.13 Å². The summed E-state index contributed by atoms with van der Waals surface area (Å²) >= 11 is 1.45. The van der Waals surface area contributed by atoms with E-state index in [0.29, 0.717) is 28.1 Å². The molecule has 0 atom stereocenters. The molecule has 1 aliphatic heterocycles. The van der Waals surface area contributed by atoms with Crippen LogP contribution in [0.3, 0.4) is 0 Å². The van der Waals surface area contributed by atoms with E-state index in [-0.39, 0.29) is 11.5 Å². The molecule has 2 aromatic heterocycles. The van der Waals surface area contributed by atoms with Crippen LogP contribution in [-0.2, 0) is 13.0 Å². The zero-order chi connectivity index (χ0) is 21.4. The SMILES string of the molecule is Cc1sc(NC(=O)c2ccc3c(=O)n4c(nc3c2)CCCCC4)nc1-c1ccccc1. The van der Waals surface area contributed by atoms with E-state index in [1.807, 2.05) is 37.3 Å². The van der Waals surface area contributed by atoms with Crippen molar-refractivity contribution in [2.24, 2.45) is 0 Å². The normalized spacial score (nSPS) is 13.6. The molecule has 1 aliphatic rings. The molecule has 156 valence electrons. The summed E-state index contributed by atoms with van der Waals surface area (Å²) in [5.41, 5.74) is 2.92. The summed E-state index contributed by atoms with van der Waals surface area (Å²) in [6.07, 6.45) is 3.93. The Morgan fingerprint density at radius 3 is 2.74 bits per heavy atom. The molecule has 31 heavy (non-hydrogen) atoms. The number of amides is 1. The molecule has 1 N–H and O–H groups in total. The van der Waals surface area contributed by atoms with Crippen molar-refractivity contribution < 1.29 is 4.79 Å². The lowest BCUT2D eigenvalue weighted by atomic mass is 10.1. The number of anilines is 1. The number of aromatic nitrogens is 3. The first-order valence-corrected chi connectivity index (χ1v) is 11.3. The molecule has 0 unspecified atom stereocenters. The van der Waals surface area contributed by atoms with Crippen LogP contribution in [-0.4, -0.2) is 20.4 Å². The Bertz CT molecular complexity index is 1340. The monoisotopic (exact) mass is 430 g/mol. The van der Waals surface area contributed by atoms with Gasteiger partial charge in [-0.25, -0.2) is 9.97 Å². The summed E-state index contributed by atoms with van der Waals surface area (Å²) in [4.78, 5) is 36.1. The van der Waals surface area contributed by atoms with E-state index in [9.17, 15) is 9.59 Å². The Morgan fingerprint density at radius 1 is 1.06 bits per heavy atom. The van der Waals surface area contributed by atoms with Crippen LogP contribution in [0.4, 0.5) is 5.13 Å². The maximum Gasteiger partial charge on any atom is 0.261 e. The highest BCUT2D eigenvalue weighted by molar-refractivity contribution is 7.16. The van der Waals surface area contributed by atoms with E-state index in [0.717, 1.165) is 47.6 Å². The van der Waals surface area contributed by atoms with E-state index in [2.05, 4.69) is 10.3 Å². The Hall–Kier alpha value is -3.32.